The van der Waals surface area contributed by atoms with Crippen molar-refractivity contribution < 1.29 is 4.79 Å². The van der Waals surface area contributed by atoms with Gasteiger partial charge in [-0.25, -0.2) is 10.4 Å². The van der Waals surface area contributed by atoms with Gasteiger partial charge in [0, 0.05) is 24.1 Å². The highest BCUT2D eigenvalue weighted by Gasteiger charge is 2.15. The minimum absolute atomic E-state index is 0.142. The molecule has 3 aromatic carbocycles. The van der Waals surface area contributed by atoms with E-state index >= 15 is 0 Å². The normalized spacial score (nSPS) is 10.9. The molecular weight excluding hydrogens is 372 g/mol. The lowest BCUT2D eigenvalue weighted by Gasteiger charge is -2.10. The van der Waals surface area contributed by atoms with E-state index in [0.717, 1.165) is 28.1 Å². The third-order valence-electron chi connectivity index (χ3n) is 4.71. The fourth-order valence-corrected chi connectivity index (χ4v) is 3.25. The largest absolute Gasteiger partial charge is 0.330 e. The number of aryl methyl sites for hydroxylation is 1. The standard InChI is InChI=1S/C25H22N4O/c30-23(28-27-18-20-10-4-1-5-11-20)16-17-29-19-26-24(21-12-6-2-7-13-21)25(29)22-14-8-3-9-15-22/h1-15,18-19H,16-17H2,(H,28,30). The van der Waals surface area contributed by atoms with E-state index in [4.69, 9.17) is 0 Å². The molecule has 0 aliphatic carbocycles. The van der Waals surface area contributed by atoms with E-state index in [1.165, 1.54) is 0 Å². The van der Waals surface area contributed by atoms with Crippen LogP contribution in [0.15, 0.2) is 102 Å². The predicted octanol–water partition coefficient (Wildman–Crippen LogP) is 4.76. The van der Waals surface area contributed by atoms with Crippen molar-refractivity contribution in [2.75, 3.05) is 0 Å². The highest BCUT2D eigenvalue weighted by atomic mass is 16.2. The second kappa shape index (κ2) is 9.47. The molecule has 0 fully saturated rings. The highest BCUT2D eigenvalue weighted by molar-refractivity contribution is 5.82. The maximum Gasteiger partial charge on any atom is 0.241 e. The van der Waals surface area contributed by atoms with Gasteiger partial charge in [0.25, 0.3) is 0 Å². The van der Waals surface area contributed by atoms with Gasteiger partial charge in [0.1, 0.15) is 0 Å². The molecule has 148 valence electrons. The van der Waals surface area contributed by atoms with Gasteiger partial charge in [-0.1, -0.05) is 91.0 Å². The summed E-state index contributed by atoms with van der Waals surface area (Å²) in [4.78, 5) is 16.9. The molecule has 1 aromatic heterocycles. The Kier molecular flexibility index (Phi) is 6.11. The molecule has 4 aromatic rings. The Hall–Kier alpha value is -3.99. The van der Waals surface area contributed by atoms with Gasteiger partial charge < -0.3 is 4.57 Å². The molecule has 0 aliphatic rings. The van der Waals surface area contributed by atoms with Gasteiger partial charge in [0.15, 0.2) is 0 Å². The number of amides is 1. The van der Waals surface area contributed by atoms with Gasteiger partial charge in [-0.2, -0.15) is 5.10 Å². The van der Waals surface area contributed by atoms with Crippen molar-refractivity contribution in [3.8, 4) is 22.5 Å². The molecule has 1 amide bonds. The highest BCUT2D eigenvalue weighted by Crippen LogP contribution is 2.31. The molecule has 30 heavy (non-hydrogen) atoms. The van der Waals surface area contributed by atoms with Crippen molar-refractivity contribution in [1.82, 2.24) is 15.0 Å². The summed E-state index contributed by atoms with van der Waals surface area (Å²) in [6, 6.07) is 29.9. The van der Waals surface area contributed by atoms with Crippen LogP contribution in [0.5, 0.6) is 0 Å². The molecule has 0 saturated carbocycles. The van der Waals surface area contributed by atoms with E-state index in [9.17, 15) is 4.79 Å². The zero-order valence-electron chi connectivity index (χ0n) is 16.5. The minimum atomic E-state index is -0.142. The number of carbonyl (C=O) groups excluding carboxylic acids is 1. The fraction of sp³-hybridized carbons (Fsp3) is 0.0800. The lowest BCUT2D eigenvalue weighted by Crippen LogP contribution is -2.19. The number of nitrogens with one attached hydrogen (secondary N) is 1. The van der Waals surface area contributed by atoms with Gasteiger partial charge in [-0.15, -0.1) is 0 Å². The van der Waals surface area contributed by atoms with Crippen molar-refractivity contribution in [2.24, 2.45) is 5.10 Å². The Balaban J connectivity index is 1.49. The summed E-state index contributed by atoms with van der Waals surface area (Å²) in [5.74, 6) is -0.142. The first-order valence-electron chi connectivity index (χ1n) is 9.84. The summed E-state index contributed by atoms with van der Waals surface area (Å²) >= 11 is 0. The Bertz CT molecular complexity index is 1120. The van der Waals surface area contributed by atoms with E-state index in [1.807, 2.05) is 83.4 Å². The second-order valence-corrected chi connectivity index (χ2v) is 6.82. The first-order chi connectivity index (χ1) is 14.8. The number of carbonyl (C=O) groups is 1. The smallest absolute Gasteiger partial charge is 0.241 e. The number of nitrogens with zero attached hydrogens (tertiary/aromatic N) is 3. The number of rotatable bonds is 7. The molecule has 0 spiro atoms. The number of aromatic nitrogens is 2. The van der Waals surface area contributed by atoms with Crippen molar-refractivity contribution in [2.45, 2.75) is 13.0 Å². The molecule has 0 unspecified atom stereocenters. The molecule has 0 aliphatic heterocycles. The molecule has 5 heteroatoms. The van der Waals surface area contributed by atoms with Crippen LogP contribution in [0.2, 0.25) is 0 Å². The van der Waals surface area contributed by atoms with Gasteiger partial charge in [0.05, 0.1) is 23.9 Å². The monoisotopic (exact) mass is 394 g/mol. The summed E-state index contributed by atoms with van der Waals surface area (Å²) in [7, 11) is 0. The Labute approximate surface area is 175 Å². The molecule has 1 heterocycles. The molecule has 5 nitrogen and oxygen atoms in total. The molecule has 1 N–H and O–H groups in total. The third-order valence-corrected chi connectivity index (χ3v) is 4.71. The van der Waals surface area contributed by atoms with Crippen LogP contribution in [0.25, 0.3) is 22.5 Å². The van der Waals surface area contributed by atoms with Crippen LogP contribution in [0, 0.1) is 0 Å². The number of benzene rings is 3. The van der Waals surface area contributed by atoms with Crippen LogP contribution >= 0.6 is 0 Å². The summed E-state index contributed by atoms with van der Waals surface area (Å²) in [5.41, 5.74) is 7.56. The Morgan fingerprint density at radius 1 is 0.867 bits per heavy atom. The van der Waals surface area contributed by atoms with Gasteiger partial charge in [-0.05, 0) is 5.56 Å². The van der Waals surface area contributed by atoms with E-state index in [0.29, 0.717) is 13.0 Å². The maximum atomic E-state index is 12.3. The van der Waals surface area contributed by atoms with E-state index in [-0.39, 0.29) is 5.91 Å². The van der Waals surface area contributed by atoms with E-state index in [2.05, 4.69) is 27.6 Å². The number of hydrogen-bond donors (Lipinski definition) is 1. The summed E-state index contributed by atoms with van der Waals surface area (Å²) in [5, 5.41) is 4.04. The zero-order valence-corrected chi connectivity index (χ0v) is 16.5. The number of hydrazone groups is 1. The van der Waals surface area contributed by atoms with E-state index < -0.39 is 0 Å². The molecule has 0 atom stereocenters. The van der Waals surface area contributed by atoms with Gasteiger partial charge in [-0.3, -0.25) is 4.79 Å². The Morgan fingerprint density at radius 2 is 1.47 bits per heavy atom. The van der Waals surface area contributed by atoms with Crippen LogP contribution in [-0.4, -0.2) is 21.7 Å². The number of hydrogen-bond acceptors (Lipinski definition) is 3. The van der Waals surface area contributed by atoms with Crippen molar-refractivity contribution >= 4 is 12.1 Å². The summed E-state index contributed by atoms with van der Waals surface area (Å²) < 4.78 is 2.03. The summed E-state index contributed by atoms with van der Waals surface area (Å²) in [6.45, 7) is 0.511. The van der Waals surface area contributed by atoms with Crippen molar-refractivity contribution in [1.29, 1.82) is 0 Å². The molecule has 0 saturated heterocycles. The second-order valence-electron chi connectivity index (χ2n) is 6.82. The molecule has 0 radical (unpaired) electrons. The van der Waals surface area contributed by atoms with E-state index in [1.54, 1.807) is 12.5 Å². The van der Waals surface area contributed by atoms with Crippen molar-refractivity contribution in [3.05, 3.63) is 103 Å². The zero-order chi connectivity index (χ0) is 20.6. The fourth-order valence-electron chi connectivity index (χ4n) is 3.25. The first kappa shape index (κ1) is 19.3. The van der Waals surface area contributed by atoms with Crippen LogP contribution in [0.3, 0.4) is 0 Å². The summed E-state index contributed by atoms with van der Waals surface area (Å²) in [6.07, 6.45) is 3.74. The number of imidazole rings is 1. The maximum absolute atomic E-state index is 12.3. The first-order valence-corrected chi connectivity index (χ1v) is 9.84. The minimum Gasteiger partial charge on any atom is -0.330 e. The average Bonchev–Trinajstić information content (AvgIpc) is 3.23. The average molecular weight is 394 g/mol. The quantitative estimate of drug-likeness (QED) is 0.363. The molecular formula is C25H22N4O. The predicted molar refractivity (Wildman–Crippen MR) is 120 cm³/mol. The van der Waals surface area contributed by atoms with Crippen LogP contribution in [0.1, 0.15) is 12.0 Å². The van der Waals surface area contributed by atoms with Gasteiger partial charge >= 0.3 is 0 Å². The van der Waals surface area contributed by atoms with Gasteiger partial charge in [0.2, 0.25) is 5.91 Å². The van der Waals surface area contributed by atoms with Crippen LogP contribution in [-0.2, 0) is 11.3 Å². The molecule has 0 bridgehead atoms. The molecule has 4 rings (SSSR count). The van der Waals surface area contributed by atoms with Crippen LogP contribution < -0.4 is 5.43 Å². The lowest BCUT2D eigenvalue weighted by atomic mass is 10.0. The lowest BCUT2D eigenvalue weighted by molar-refractivity contribution is -0.121. The SMILES string of the molecule is O=C(CCn1cnc(-c2ccccc2)c1-c1ccccc1)NN=Cc1ccccc1. The topological polar surface area (TPSA) is 59.3 Å². The van der Waals surface area contributed by atoms with Crippen molar-refractivity contribution in [3.63, 3.8) is 0 Å². The third kappa shape index (κ3) is 4.70. The Morgan fingerprint density at radius 3 is 2.13 bits per heavy atom. The van der Waals surface area contributed by atoms with Crippen LogP contribution in [0.4, 0.5) is 0 Å².